The van der Waals surface area contributed by atoms with Gasteiger partial charge in [0.15, 0.2) is 11.5 Å². The number of ether oxygens (including phenoxy) is 2. The van der Waals surface area contributed by atoms with Crippen LogP contribution in [0.2, 0.25) is 0 Å². The summed E-state index contributed by atoms with van der Waals surface area (Å²) in [5, 5.41) is 2.91. The summed E-state index contributed by atoms with van der Waals surface area (Å²) in [7, 11) is 1.55. The number of anilines is 2. The predicted octanol–water partition coefficient (Wildman–Crippen LogP) is 4.24. The van der Waals surface area contributed by atoms with Gasteiger partial charge in [0.2, 0.25) is 5.91 Å². The molecule has 2 amide bonds. The van der Waals surface area contributed by atoms with Crippen molar-refractivity contribution < 1.29 is 19.1 Å². The standard InChI is InChI=1S/C20H21BrN2O4/c1-3-27-17-12-13(11-14(21)19(17)26-2)20(25)22-15-7-4-5-8-16(15)23-10-6-9-18(23)24/h4-5,7-8,11-12H,3,6,9-10H2,1-2H3,(H,22,25). The van der Waals surface area contributed by atoms with E-state index in [1.807, 2.05) is 25.1 Å². The van der Waals surface area contributed by atoms with Gasteiger partial charge < -0.3 is 19.7 Å². The Balaban J connectivity index is 1.89. The average molecular weight is 433 g/mol. The van der Waals surface area contributed by atoms with Crippen LogP contribution in [0.3, 0.4) is 0 Å². The molecule has 0 aliphatic carbocycles. The minimum absolute atomic E-state index is 0.0718. The first kappa shape index (κ1) is 19.2. The number of benzene rings is 2. The zero-order valence-electron chi connectivity index (χ0n) is 15.3. The van der Waals surface area contributed by atoms with E-state index in [4.69, 9.17) is 9.47 Å². The summed E-state index contributed by atoms with van der Waals surface area (Å²) in [5.41, 5.74) is 1.74. The van der Waals surface area contributed by atoms with Crippen molar-refractivity contribution in [1.29, 1.82) is 0 Å². The van der Waals surface area contributed by atoms with E-state index in [9.17, 15) is 9.59 Å². The van der Waals surface area contributed by atoms with Crippen molar-refractivity contribution in [2.24, 2.45) is 0 Å². The fourth-order valence-corrected chi connectivity index (χ4v) is 3.68. The van der Waals surface area contributed by atoms with Crippen LogP contribution in [-0.2, 0) is 4.79 Å². The Labute approximate surface area is 166 Å². The summed E-state index contributed by atoms with van der Waals surface area (Å²) in [6.45, 7) is 2.98. The number of para-hydroxylation sites is 2. The van der Waals surface area contributed by atoms with Gasteiger partial charge in [0.1, 0.15) is 0 Å². The fraction of sp³-hybridized carbons (Fsp3) is 0.300. The monoisotopic (exact) mass is 432 g/mol. The summed E-state index contributed by atoms with van der Waals surface area (Å²) < 4.78 is 11.5. The maximum Gasteiger partial charge on any atom is 0.255 e. The van der Waals surface area contributed by atoms with Gasteiger partial charge >= 0.3 is 0 Å². The number of hydrogen-bond acceptors (Lipinski definition) is 4. The second-order valence-corrected chi connectivity index (χ2v) is 6.90. The predicted molar refractivity (Wildman–Crippen MR) is 108 cm³/mol. The fourth-order valence-electron chi connectivity index (χ4n) is 3.07. The maximum absolute atomic E-state index is 12.8. The molecule has 3 rings (SSSR count). The van der Waals surface area contributed by atoms with Crippen LogP contribution in [0.25, 0.3) is 0 Å². The first-order valence-corrected chi connectivity index (χ1v) is 9.55. The molecule has 1 N–H and O–H groups in total. The van der Waals surface area contributed by atoms with Crippen molar-refractivity contribution in [3.63, 3.8) is 0 Å². The summed E-state index contributed by atoms with van der Waals surface area (Å²) in [5.74, 6) is 0.805. The number of halogens is 1. The van der Waals surface area contributed by atoms with Crippen LogP contribution in [0.5, 0.6) is 11.5 Å². The van der Waals surface area contributed by atoms with Gasteiger partial charge in [0.25, 0.3) is 5.91 Å². The van der Waals surface area contributed by atoms with E-state index in [1.165, 1.54) is 0 Å². The molecule has 0 radical (unpaired) electrons. The van der Waals surface area contributed by atoms with E-state index in [-0.39, 0.29) is 11.8 Å². The molecule has 0 spiro atoms. The van der Waals surface area contributed by atoms with E-state index in [1.54, 1.807) is 30.2 Å². The van der Waals surface area contributed by atoms with Gasteiger partial charge in [0.05, 0.1) is 29.6 Å². The second-order valence-electron chi connectivity index (χ2n) is 6.04. The van der Waals surface area contributed by atoms with Crippen LogP contribution in [0, 0.1) is 0 Å². The summed E-state index contributed by atoms with van der Waals surface area (Å²) in [4.78, 5) is 26.6. The Morgan fingerprint density at radius 1 is 1.30 bits per heavy atom. The molecule has 6 nitrogen and oxygen atoms in total. The van der Waals surface area contributed by atoms with Crippen LogP contribution in [0.15, 0.2) is 40.9 Å². The van der Waals surface area contributed by atoms with Gasteiger partial charge in [-0.2, -0.15) is 0 Å². The third-order valence-corrected chi connectivity index (χ3v) is 4.88. The topological polar surface area (TPSA) is 67.9 Å². The van der Waals surface area contributed by atoms with Crippen LogP contribution in [0.4, 0.5) is 11.4 Å². The number of amides is 2. The summed E-state index contributed by atoms with van der Waals surface area (Å²) in [6, 6.07) is 10.6. The quantitative estimate of drug-likeness (QED) is 0.740. The van der Waals surface area contributed by atoms with E-state index >= 15 is 0 Å². The molecule has 0 bridgehead atoms. The van der Waals surface area contributed by atoms with Crippen LogP contribution < -0.4 is 19.7 Å². The molecule has 7 heteroatoms. The molecular formula is C20H21BrN2O4. The molecule has 2 aromatic rings. The molecule has 0 unspecified atom stereocenters. The molecule has 0 saturated carbocycles. The highest BCUT2D eigenvalue weighted by atomic mass is 79.9. The van der Waals surface area contributed by atoms with E-state index in [0.29, 0.717) is 52.5 Å². The van der Waals surface area contributed by atoms with Crippen LogP contribution in [-0.4, -0.2) is 32.1 Å². The van der Waals surface area contributed by atoms with Gasteiger partial charge in [-0.25, -0.2) is 0 Å². The van der Waals surface area contributed by atoms with Crippen molar-refractivity contribution in [3.05, 3.63) is 46.4 Å². The first-order valence-electron chi connectivity index (χ1n) is 8.76. The Hall–Kier alpha value is -2.54. The normalized spacial score (nSPS) is 13.6. The number of carbonyl (C=O) groups excluding carboxylic acids is 2. The highest BCUT2D eigenvalue weighted by Gasteiger charge is 2.24. The Morgan fingerprint density at radius 2 is 2.07 bits per heavy atom. The highest BCUT2D eigenvalue weighted by molar-refractivity contribution is 9.10. The number of methoxy groups -OCH3 is 1. The number of hydrogen-bond donors (Lipinski definition) is 1. The van der Waals surface area contributed by atoms with Crippen LogP contribution in [0.1, 0.15) is 30.1 Å². The Morgan fingerprint density at radius 3 is 2.74 bits per heavy atom. The van der Waals surface area contributed by atoms with Gasteiger partial charge in [-0.15, -0.1) is 0 Å². The van der Waals surface area contributed by atoms with Crippen molar-refractivity contribution in [2.75, 3.05) is 30.5 Å². The lowest BCUT2D eigenvalue weighted by Crippen LogP contribution is -2.25. The molecule has 142 valence electrons. The maximum atomic E-state index is 12.8. The molecule has 1 aliphatic rings. The molecule has 1 aliphatic heterocycles. The van der Waals surface area contributed by atoms with E-state index in [0.717, 1.165) is 6.42 Å². The molecule has 1 saturated heterocycles. The van der Waals surface area contributed by atoms with Gasteiger partial charge in [-0.1, -0.05) is 12.1 Å². The minimum Gasteiger partial charge on any atom is -0.492 e. The molecule has 0 aromatic heterocycles. The van der Waals surface area contributed by atoms with Crippen molar-refractivity contribution >= 4 is 39.1 Å². The Kier molecular flexibility index (Phi) is 6.01. The van der Waals surface area contributed by atoms with Gasteiger partial charge in [-0.05, 0) is 53.5 Å². The largest absolute Gasteiger partial charge is 0.492 e. The summed E-state index contributed by atoms with van der Waals surface area (Å²) in [6.07, 6.45) is 1.36. The average Bonchev–Trinajstić information content (AvgIpc) is 3.08. The minimum atomic E-state index is -0.293. The lowest BCUT2D eigenvalue weighted by Gasteiger charge is -2.20. The molecule has 2 aromatic carbocycles. The Bertz CT molecular complexity index is 869. The number of carbonyl (C=O) groups is 2. The highest BCUT2D eigenvalue weighted by Crippen LogP contribution is 2.37. The molecule has 0 atom stereocenters. The number of rotatable bonds is 6. The SMILES string of the molecule is CCOc1cc(C(=O)Nc2ccccc2N2CCCC2=O)cc(Br)c1OC. The first-order chi connectivity index (χ1) is 13.0. The zero-order chi connectivity index (χ0) is 19.4. The van der Waals surface area contributed by atoms with Gasteiger partial charge in [-0.3, -0.25) is 9.59 Å². The molecule has 1 fully saturated rings. The molecular weight excluding hydrogens is 412 g/mol. The second kappa shape index (κ2) is 8.43. The third-order valence-electron chi connectivity index (χ3n) is 4.29. The summed E-state index contributed by atoms with van der Waals surface area (Å²) >= 11 is 3.42. The van der Waals surface area contributed by atoms with E-state index in [2.05, 4.69) is 21.2 Å². The number of nitrogens with zero attached hydrogens (tertiary/aromatic N) is 1. The zero-order valence-corrected chi connectivity index (χ0v) is 16.8. The lowest BCUT2D eigenvalue weighted by molar-refractivity contribution is -0.117. The smallest absolute Gasteiger partial charge is 0.255 e. The third kappa shape index (κ3) is 4.08. The molecule has 27 heavy (non-hydrogen) atoms. The molecule has 1 heterocycles. The van der Waals surface area contributed by atoms with Crippen molar-refractivity contribution in [3.8, 4) is 11.5 Å². The van der Waals surface area contributed by atoms with E-state index < -0.39 is 0 Å². The van der Waals surface area contributed by atoms with Crippen LogP contribution >= 0.6 is 15.9 Å². The van der Waals surface area contributed by atoms with Gasteiger partial charge in [0, 0.05) is 18.5 Å². The van der Waals surface area contributed by atoms with Crippen molar-refractivity contribution in [2.45, 2.75) is 19.8 Å². The van der Waals surface area contributed by atoms with Crippen molar-refractivity contribution in [1.82, 2.24) is 0 Å². The lowest BCUT2D eigenvalue weighted by atomic mass is 10.1. The number of nitrogens with one attached hydrogen (secondary N) is 1.